The molecule has 0 aliphatic rings. The van der Waals surface area contributed by atoms with Gasteiger partial charge in [-0.2, -0.15) is 5.10 Å². The molecule has 0 fully saturated rings. The van der Waals surface area contributed by atoms with E-state index in [4.69, 9.17) is 11.6 Å². The van der Waals surface area contributed by atoms with E-state index in [2.05, 4.69) is 42.4 Å². The van der Waals surface area contributed by atoms with Gasteiger partial charge in [0.15, 0.2) is 0 Å². The summed E-state index contributed by atoms with van der Waals surface area (Å²) in [4.78, 5) is 13.7. The molecule has 2 aromatic rings. The minimum Gasteiger partial charge on any atom is -0.506 e. The Kier molecular flexibility index (Phi) is 6.65. The van der Waals surface area contributed by atoms with E-state index >= 15 is 0 Å². The van der Waals surface area contributed by atoms with Gasteiger partial charge in [-0.15, -0.1) is 0 Å². The van der Waals surface area contributed by atoms with Gasteiger partial charge in [-0.1, -0.05) is 11.6 Å². The number of hydrogen-bond acceptors (Lipinski definition) is 4. The van der Waals surface area contributed by atoms with Gasteiger partial charge in [-0.3, -0.25) is 4.79 Å². The number of nitrogens with one attached hydrogen (secondary N) is 1. The molecule has 0 unspecified atom stereocenters. The molecule has 0 aliphatic heterocycles. The van der Waals surface area contributed by atoms with Gasteiger partial charge in [0, 0.05) is 17.8 Å². The van der Waals surface area contributed by atoms with Crippen molar-refractivity contribution >= 4 is 61.3 Å². The molecule has 1 amide bonds. The number of hydrazone groups is 1. The summed E-state index contributed by atoms with van der Waals surface area (Å²) in [5.41, 5.74) is 4.07. The third kappa shape index (κ3) is 5.22. The maximum absolute atomic E-state index is 11.9. The first-order valence-electron chi connectivity index (χ1n) is 6.83. The van der Waals surface area contributed by atoms with Crippen LogP contribution in [0, 0.1) is 0 Å². The highest BCUT2D eigenvalue weighted by Gasteiger charge is 2.07. The summed E-state index contributed by atoms with van der Waals surface area (Å²) in [6.07, 6.45) is 1.50. The summed E-state index contributed by atoms with van der Waals surface area (Å²) in [7, 11) is 1.81. The molecule has 0 radical (unpaired) electrons. The van der Waals surface area contributed by atoms with E-state index in [1.807, 2.05) is 12.1 Å². The van der Waals surface area contributed by atoms with Gasteiger partial charge in [0.1, 0.15) is 5.75 Å². The fraction of sp³-hybridized carbons (Fsp3) is 0.125. The SMILES string of the molecule is CN(CC(=O)NN=Cc1cc(Br)c(O)c(Br)c1)c1ccc(Cl)cc1. The third-order valence-corrected chi connectivity index (χ3v) is 4.55. The second-order valence-electron chi connectivity index (χ2n) is 4.96. The number of likely N-dealkylation sites (N-methyl/N-ethyl adjacent to an activating group) is 1. The molecule has 0 heterocycles. The van der Waals surface area contributed by atoms with E-state index in [0.29, 0.717) is 14.0 Å². The van der Waals surface area contributed by atoms with Gasteiger partial charge >= 0.3 is 0 Å². The van der Waals surface area contributed by atoms with E-state index in [-0.39, 0.29) is 18.2 Å². The highest BCUT2D eigenvalue weighted by atomic mass is 79.9. The van der Waals surface area contributed by atoms with Crippen molar-refractivity contribution in [2.24, 2.45) is 5.10 Å². The standard InChI is InChI=1S/C16H14Br2ClN3O2/c1-22(12-4-2-11(19)3-5-12)9-15(23)21-20-8-10-6-13(17)16(24)14(18)7-10/h2-8,24H,9H2,1H3,(H,21,23). The van der Waals surface area contributed by atoms with Crippen LogP contribution in [0.5, 0.6) is 5.75 Å². The van der Waals surface area contributed by atoms with Gasteiger partial charge in [0.25, 0.3) is 5.91 Å². The lowest BCUT2D eigenvalue weighted by molar-refractivity contribution is -0.119. The molecule has 126 valence electrons. The topological polar surface area (TPSA) is 64.9 Å². The monoisotopic (exact) mass is 473 g/mol. The lowest BCUT2D eigenvalue weighted by Crippen LogP contribution is -2.32. The molecule has 24 heavy (non-hydrogen) atoms. The molecule has 8 heteroatoms. The van der Waals surface area contributed by atoms with Gasteiger partial charge < -0.3 is 10.0 Å². The van der Waals surface area contributed by atoms with Gasteiger partial charge in [0.05, 0.1) is 21.7 Å². The van der Waals surface area contributed by atoms with Crippen molar-refractivity contribution in [2.75, 3.05) is 18.5 Å². The van der Waals surface area contributed by atoms with Gasteiger partial charge in [-0.05, 0) is 73.8 Å². The number of nitrogens with zero attached hydrogens (tertiary/aromatic N) is 2. The molecule has 2 rings (SSSR count). The minimum atomic E-state index is -0.249. The zero-order chi connectivity index (χ0) is 17.7. The van der Waals surface area contributed by atoms with E-state index in [1.54, 1.807) is 36.2 Å². The van der Waals surface area contributed by atoms with Crippen molar-refractivity contribution in [1.29, 1.82) is 0 Å². The highest BCUT2D eigenvalue weighted by molar-refractivity contribution is 9.11. The van der Waals surface area contributed by atoms with Crippen molar-refractivity contribution in [1.82, 2.24) is 5.43 Å². The first-order valence-corrected chi connectivity index (χ1v) is 8.80. The zero-order valence-electron chi connectivity index (χ0n) is 12.6. The molecule has 0 saturated heterocycles. The maximum Gasteiger partial charge on any atom is 0.259 e. The smallest absolute Gasteiger partial charge is 0.259 e. The van der Waals surface area contributed by atoms with Crippen LogP contribution in [-0.4, -0.2) is 30.8 Å². The first-order chi connectivity index (χ1) is 11.4. The van der Waals surface area contributed by atoms with Gasteiger partial charge in [0.2, 0.25) is 0 Å². The molecule has 5 nitrogen and oxygen atoms in total. The van der Waals surface area contributed by atoms with Crippen LogP contribution < -0.4 is 10.3 Å². The Labute approximate surface area is 161 Å². The molecule has 2 N–H and O–H groups in total. The number of hydrogen-bond donors (Lipinski definition) is 2. The Morgan fingerprint density at radius 2 is 1.88 bits per heavy atom. The molecular weight excluding hydrogens is 461 g/mol. The lowest BCUT2D eigenvalue weighted by Gasteiger charge is -2.17. The second-order valence-corrected chi connectivity index (χ2v) is 7.10. The molecule has 0 saturated carbocycles. The molecular formula is C16H14Br2ClN3O2. The summed E-state index contributed by atoms with van der Waals surface area (Å²) in [6.45, 7) is 0.155. The Hall–Kier alpha value is -1.57. The largest absolute Gasteiger partial charge is 0.506 e. The third-order valence-electron chi connectivity index (χ3n) is 3.09. The van der Waals surface area contributed by atoms with Crippen LogP contribution >= 0.6 is 43.5 Å². The summed E-state index contributed by atoms with van der Waals surface area (Å²) in [5.74, 6) is -0.138. The predicted molar refractivity (Wildman–Crippen MR) is 104 cm³/mol. The predicted octanol–water partition coefficient (Wildman–Crippen LogP) is 4.16. The number of amides is 1. The van der Waals surface area contributed by atoms with Crippen LogP contribution in [0.2, 0.25) is 5.02 Å². The van der Waals surface area contributed by atoms with Crippen LogP contribution in [0.25, 0.3) is 0 Å². The van der Waals surface area contributed by atoms with Crippen molar-refractivity contribution in [3.8, 4) is 5.75 Å². The van der Waals surface area contributed by atoms with E-state index in [0.717, 1.165) is 11.3 Å². The lowest BCUT2D eigenvalue weighted by atomic mass is 10.2. The summed E-state index contributed by atoms with van der Waals surface area (Å²) in [6, 6.07) is 10.6. The number of phenols is 1. The maximum atomic E-state index is 11.9. The normalized spacial score (nSPS) is 10.8. The van der Waals surface area contributed by atoms with E-state index in [1.165, 1.54) is 6.21 Å². The Bertz CT molecular complexity index is 743. The molecule has 0 aliphatic carbocycles. The Balaban J connectivity index is 1.92. The number of rotatable bonds is 5. The molecule has 0 aromatic heterocycles. The highest BCUT2D eigenvalue weighted by Crippen LogP contribution is 2.32. The average molecular weight is 476 g/mol. The molecule has 0 bridgehead atoms. The summed E-state index contributed by atoms with van der Waals surface area (Å²) < 4.78 is 1.07. The Morgan fingerprint density at radius 1 is 1.29 bits per heavy atom. The molecule has 2 aromatic carbocycles. The van der Waals surface area contributed by atoms with Crippen LogP contribution in [0.3, 0.4) is 0 Å². The number of carbonyl (C=O) groups is 1. The van der Waals surface area contributed by atoms with Gasteiger partial charge in [-0.25, -0.2) is 5.43 Å². The average Bonchev–Trinajstić information content (AvgIpc) is 2.53. The number of carbonyl (C=O) groups excluding carboxylic acids is 1. The number of phenolic OH excluding ortho intramolecular Hbond substituents is 1. The van der Waals surface area contributed by atoms with Crippen molar-refractivity contribution in [3.63, 3.8) is 0 Å². The fourth-order valence-electron chi connectivity index (χ4n) is 1.88. The summed E-state index contributed by atoms with van der Waals surface area (Å²) >= 11 is 12.3. The number of benzene rings is 2. The van der Waals surface area contributed by atoms with Crippen LogP contribution in [0.1, 0.15) is 5.56 Å². The van der Waals surface area contributed by atoms with Crippen molar-refractivity contribution in [2.45, 2.75) is 0 Å². The van der Waals surface area contributed by atoms with Crippen molar-refractivity contribution < 1.29 is 9.90 Å². The molecule has 0 atom stereocenters. The van der Waals surface area contributed by atoms with Crippen LogP contribution in [-0.2, 0) is 4.79 Å². The fourth-order valence-corrected chi connectivity index (χ4v) is 3.22. The summed E-state index contributed by atoms with van der Waals surface area (Å²) in [5, 5.41) is 14.2. The Morgan fingerprint density at radius 3 is 2.46 bits per heavy atom. The minimum absolute atomic E-state index is 0.112. The quantitative estimate of drug-likeness (QED) is 0.504. The van der Waals surface area contributed by atoms with Crippen molar-refractivity contribution in [3.05, 3.63) is 55.9 Å². The van der Waals surface area contributed by atoms with E-state index < -0.39 is 0 Å². The second kappa shape index (κ2) is 8.50. The van der Waals surface area contributed by atoms with E-state index in [9.17, 15) is 9.90 Å². The first kappa shape index (κ1) is 18.8. The number of halogens is 3. The van der Waals surface area contributed by atoms with Crippen LogP contribution in [0.4, 0.5) is 5.69 Å². The zero-order valence-corrected chi connectivity index (χ0v) is 16.6. The number of aromatic hydroxyl groups is 1. The molecule has 0 spiro atoms. The number of anilines is 1. The van der Waals surface area contributed by atoms with Crippen LogP contribution in [0.15, 0.2) is 50.4 Å².